The van der Waals surface area contributed by atoms with Crippen LogP contribution in [0.15, 0.2) is 34.0 Å². The first-order valence-electron chi connectivity index (χ1n) is 7.22. The molecular formula is C15H15N5O2S3. The van der Waals surface area contributed by atoms with Gasteiger partial charge in [-0.05, 0) is 19.1 Å². The summed E-state index contributed by atoms with van der Waals surface area (Å²) in [6.07, 6.45) is 0. The number of methoxy groups -OCH3 is 1. The summed E-state index contributed by atoms with van der Waals surface area (Å²) < 4.78 is 6.01. The minimum absolute atomic E-state index is 0.153. The summed E-state index contributed by atoms with van der Waals surface area (Å²) in [5.41, 5.74) is 7.19. The third kappa shape index (κ3) is 4.27. The number of hydrogen-bond acceptors (Lipinski definition) is 9. The molecule has 0 saturated carbocycles. The zero-order valence-electron chi connectivity index (χ0n) is 13.4. The Bertz CT molecular complexity index is 879. The highest BCUT2D eigenvalue weighted by Gasteiger charge is 2.18. The highest BCUT2D eigenvalue weighted by atomic mass is 32.2. The Morgan fingerprint density at radius 3 is 2.88 bits per heavy atom. The van der Waals surface area contributed by atoms with Crippen LogP contribution >= 0.6 is 34.4 Å². The Balaban J connectivity index is 1.67. The molecule has 1 aromatic carbocycles. The molecule has 1 amide bonds. The lowest BCUT2D eigenvalue weighted by Gasteiger charge is -2.08. The molecule has 2 aromatic heterocycles. The first-order chi connectivity index (χ1) is 12.1. The fraction of sp³-hybridized carbons (Fsp3) is 0.200. The number of nitrogens with one attached hydrogen (secondary N) is 1. The molecule has 3 N–H and O–H groups in total. The van der Waals surface area contributed by atoms with E-state index in [4.69, 9.17) is 10.5 Å². The number of carbonyl (C=O) groups excluding carboxylic acids is 1. The molecule has 10 heteroatoms. The van der Waals surface area contributed by atoms with Gasteiger partial charge < -0.3 is 15.8 Å². The predicted octanol–water partition coefficient (Wildman–Crippen LogP) is 3.37. The van der Waals surface area contributed by atoms with E-state index in [0.29, 0.717) is 14.6 Å². The van der Waals surface area contributed by atoms with Gasteiger partial charge in [0.25, 0.3) is 0 Å². The molecule has 3 aromatic rings. The van der Waals surface area contributed by atoms with Crippen molar-refractivity contribution in [1.82, 2.24) is 15.2 Å². The molecule has 0 fully saturated rings. The summed E-state index contributed by atoms with van der Waals surface area (Å²) in [6, 6.07) is 7.62. The van der Waals surface area contributed by atoms with Gasteiger partial charge in [0.1, 0.15) is 5.75 Å². The maximum absolute atomic E-state index is 12.3. The number of nitrogens with zero attached hydrogens (tertiary/aromatic N) is 3. The maximum Gasteiger partial charge on any atom is 0.239 e. The van der Waals surface area contributed by atoms with E-state index in [2.05, 4.69) is 20.5 Å². The van der Waals surface area contributed by atoms with Crippen LogP contribution in [0.3, 0.4) is 0 Å². The van der Waals surface area contributed by atoms with Crippen LogP contribution in [0.4, 0.5) is 10.3 Å². The van der Waals surface area contributed by atoms with Crippen molar-refractivity contribution in [1.29, 1.82) is 0 Å². The number of nitrogen functional groups attached to an aromatic ring is 1. The van der Waals surface area contributed by atoms with Crippen molar-refractivity contribution in [2.75, 3.05) is 18.2 Å². The molecule has 3 rings (SSSR count). The normalized spacial score (nSPS) is 11.9. The van der Waals surface area contributed by atoms with Crippen LogP contribution in [0.5, 0.6) is 5.75 Å². The van der Waals surface area contributed by atoms with Gasteiger partial charge in [-0.2, -0.15) is 0 Å². The lowest BCUT2D eigenvalue weighted by atomic mass is 10.1. The molecule has 1 unspecified atom stereocenters. The number of aromatic nitrogens is 3. The molecule has 0 aliphatic carbocycles. The second-order valence-electron chi connectivity index (χ2n) is 4.89. The van der Waals surface area contributed by atoms with E-state index >= 15 is 0 Å². The van der Waals surface area contributed by atoms with Crippen LogP contribution in [0.2, 0.25) is 0 Å². The highest BCUT2D eigenvalue weighted by Crippen LogP contribution is 2.32. The minimum Gasteiger partial charge on any atom is -0.496 e. The summed E-state index contributed by atoms with van der Waals surface area (Å²) in [5.74, 6) is 0.586. The Morgan fingerprint density at radius 1 is 1.36 bits per heavy atom. The van der Waals surface area contributed by atoms with Crippen molar-refractivity contribution in [2.45, 2.75) is 16.5 Å². The van der Waals surface area contributed by atoms with Crippen molar-refractivity contribution < 1.29 is 9.53 Å². The number of thioether (sulfide) groups is 1. The fourth-order valence-corrected chi connectivity index (χ4v) is 4.48. The molecule has 0 aliphatic heterocycles. The lowest BCUT2D eigenvalue weighted by Crippen LogP contribution is -2.22. The SMILES string of the molecule is COc1ccccc1-c1csc(NC(=O)C(C)Sc2nnc(N)s2)n1. The van der Waals surface area contributed by atoms with Gasteiger partial charge in [-0.15, -0.1) is 21.5 Å². The highest BCUT2D eigenvalue weighted by molar-refractivity contribution is 8.02. The van der Waals surface area contributed by atoms with Gasteiger partial charge in [-0.25, -0.2) is 4.98 Å². The maximum atomic E-state index is 12.3. The Labute approximate surface area is 156 Å². The zero-order chi connectivity index (χ0) is 17.8. The molecule has 0 bridgehead atoms. The lowest BCUT2D eigenvalue weighted by molar-refractivity contribution is -0.115. The zero-order valence-corrected chi connectivity index (χ0v) is 15.9. The molecule has 2 heterocycles. The summed E-state index contributed by atoms with van der Waals surface area (Å²) >= 11 is 3.93. The quantitative estimate of drug-likeness (QED) is 0.619. The van der Waals surface area contributed by atoms with E-state index in [0.717, 1.165) is 17.0 Å². The molecule has 0 radical (unpaired) electrons. The Kier molecular flexibility index (Phi) is 5.51. The monoisotopic (exact) mass is 393 g/mol. The standard InChI is InChI=1S/C15H15N5O2S3/c1-8(24-15-20-19-13(16)25-15)12(21)18-14-17-10(7-23-14)9-5-3-4-6-11(9)22-2/h3-8H,1-2H3,(H2,16,19)(H,17,18,21). The van der Waals surface area contributed by atoms with Gasteiger partial charge >= 0.3 is 0 Å². The van der Waals surface area contributed by atoms with Gasteiger partial charge in [0.15, 0.2) is 9.47 Å². The number of thiazole rings is 1. The van der Waals surface area contributed by atoms with Crippen LogP contribution < -0.4 is 15.8 Å². The smallest absolute Gasteiger partial charge is 0.239 e. The number of benzene rings is 1. The van der Waals surface area contributed by atoms with Crippen molar-refractivity contribution in [3.8, 4) is 17.0 Å². The summed E-state index contributed by atoms with van der Waals surface area (Å²) in [7, 11) is 1.62. The van der Waals surface area contributed by atoms with Crippen LogP contribution in [0.1, 0.15) is 6.92 Å². The van der Waals surface area contributed by atoms with E-state index in [1.807, 2.05) is 29.6 Å². The van der Waals surface area contributed by atoms with Gasteiger partial charge in [0.2, 0.25) is 11.0 Å². The number of anilines is 2. The second kappa shape index (κ2) is 7.81. The molecular weight excluding hydrogens is 378 g/mol. The molecule has 0 spiro atoms. The number of para-hydroxylation sites is 1. The van der Waals surface area contributed by atoms with Crippen molar-refractivity contribution in [3.05, 3.63) is 29.6 Å². The number of carbonyl (C=O) groups is 1. The van der Waals surface area contributed by atoms with E-state index in [1.165, 1.54) is 34.4 Å². The minimum atomic E-state index is -0.342. The van der Waals surface area contributed by atoms with Crippen LogP contribution in [0, 0.1) is 0 Å². The van der Waals surface area contributed by atoms with E-state index in [9.17, 15) is 4.79 Å². The van der Waals surface area contributed by atoms with Gasteiger partial charge in [-0.1, -0.05) is 35.2 Å². The second-order valence-corrected chi connectivity index (χ2v) is 8.35. The number of hydrogen-bond donors (Lipinski definition) is 2. The van der Waals surface area contributed by atoms with E-state index in [-0.39, 0.29) is 11.2 Å². The third-order valence-corrected chi connectivity index (χ3v) is 5.88. The summed E-state index contributed by atoms with van der Waals surface area (Å²) in [5, 5.41) is 12.9. The largest absolute Gasteiger partial charge is 0.496 e. The average molecular weight is 394 g/mol. The molecule has 130 valence electrons. The summed E-state index contributed by atoms with van der Waals surface area (Å²) in [6.45, 7) is 1.80. The Hall–Kier alpha value is -2.17. The van der Waals surface area contributed by atoms with Crippen LogP contribution in [-0.4, -0.2) is 33.4 Å². The number of rotatable bonds is 6. The fourth-order valence-electron chi connectivity index (χ4n) is 1.99. The van der Waals surface area contributed by atoms with E-state index in [1.54, 1.807) is 14.0 Å². The van der Waals surface area contributed by atoms with Gasteiger partial charge in [0.05, 0.1) is 18.1 Å². The van der Waals surface area contributed by atoms with Crippen molar-refractivity contribution >= 4 is 50.6 Å². The van der Waals surface area contributed by atoms with Crippen LogP contribution in [-0.2, 0) is 4.79 Å². The molecule has 1 atom stereocenters. The van der Waals surface area contributed by atoms with Crippen molar-refractivity contribution in [2.24, 2.45) is 0 Å². The van der Waals surface area contributed by atoms with Gasteiger partial charge in [0, 0.05) is 10.9 Å². The van der Waals surface area contributed by atoms with Crippen molar-refractivity contribution in [3.63, 3.8) is 0 Å². The predicted molar refractivity (Wildman–Crippen MR) is 102 cm³/mol. The van der Waals surface area contributed by atoms with E-state index < -0.39 is 0 Å². The number of ether oxygens (including phenoxy) is 1. The first kappa shape index (κ1) is 17.6. The number of amides is 1. The third-order valence-electron chi connectivity index (χ3n) is 3.19. The number of nitrogens with two attached hydrogens (primary N) is 1. The Morgan fingerprint density at radius 2 is 2.16 bits per heavy atom. The average Bonchev–Trinajstić information content (AvgIpc) is 3.23. The van der Waals surface area contributed by atoms with Gasteiger partial charge in [-0.3, -0.25) is 4.79 Å². The summed E-state index contributed by atoms with van der Waals surface area (Å²) in [4.78, 5) is 16.8. The topological polar surface area (TPSA) is 103 Å². The molecule has 0 aliphatic rings. The first-order valence-corrected chi connectivity index (χ1v) is 9.80. The molecule has 7 nitrogen and oxygen atoms in total. The molecule has 25 heavy (non-hydrogen) atoms. The molecule has 0 saturated heterocycles. The van der Waals surface area contributed by atoms with Crippen LogP contribution in [0.25, 0.3) is 11.3 Å².